The minimum atomic E-state index is -0.982. The SMILES string of the molecule is CCCCCCCCCNC(CC(=O)OCCCCCCCC)C(=O)O. The van der Waals surface area contributed by atoms with E-state index < -0.39 is 18.0 Å². The lowest BCUT2D eigenvalue weighted by atomic mass is 10.1. The minimum Gasteiger partial charge on any atom is -0.480 e. The van der Waals surface area contributed by atoms with Gasteiger partial charge in [0.25, 0.3) is 0 Å². The normalized spacial score (nSPS) is 12.1. The number of carbonyl (C=O) groups is 2. The predicted molar refractivity (Wildman–Crippen MR) is 106 cm³/mol. The fourth-order valence-corrected chi connectivity index (χ4v) is 2.90. The van der Waals surface area contributed by atoms with E-state index in [1.807, 2.05) is 0 Å². The summed E-state index contributed by atoms with van der Waals surface area (Å²) in [7, 11) is 0. The van der Waals surface area contributed by atoms with Crippen molar-refractivity contribution in [2.45, 2.75) is 110 Å². The number of nitrogens with one attached hydrogen (secondary N) is 1. The van der Waals surface area contributed by atoms with E-state index in [2.05, 4.69) is 19.2 Å². The number of rotatable bonds is 19. The number of unbranched alkanes of at least 4 members (excludes halogenated alkanes) is 11. The van der Waals surface area contributed by atoms with E-state index in [0.29, 0.717) is 13.2 Å². The van der Waals surface area contributed by atoms with Crippen LogP contribution in [0.3, 0.4) is 0 Å². The second-order valence-electron chi connectivity index (χ2n) is 7.16. The third kappa shape index (κ3) is 16.4. The van der Waals surface area contributed by atoms with Gasteiger partial charge in [0.2, 0.25) is 0 Å². The van der Waals surface area contributed by atoms with Gasteiger partial charge >= 0.3 is 11.9 Å². The summed E-state index contributed by atoms with van der Waals surface area (Å²) in [5, 5.41) is 12.2. The van der Waals surface area contributed by atoms with Crippen LogP contribution in [0.5, 0.6) is 0 Å². The summed E-state index contributed by atoms with van der Waals surface area (Å²) in [4.78, 5) is 23.1. The van der Waals surface area contributed by atoms with Crippen molar-refractivity contribution < 1.29 is 19.4 Å². The van der Waals surface area contributed by atoms with Crippen molar-refractivity contribution in [2.75, 3.05) is 13.2 Å². The fraction of sp³-hybridized carbons (Fsp3) is 0.905. The molecule has 0 spiro atoms. The van der Waals surface area contributed by atoms with Crippen molar-refractivity contribution in [1.29, 1.82) is 0 Å². The van der Waals surface area contributed by atoms with Gasteiger partial charge in [-0.05, 0) is 19.4 Å². The molecule has 5 heteroatoms. The highest BCUT2D eigenvalue weighted by molar-refractivity contribution is 5.81. The molecule has 0 saturated carbocycles. The summed E-state index contributed by atoms with van der Waals surface area (Å²) in [5.74, 6) is -1.40. The predicted octanol–water partition coefficient (Wildman–Crippen LogP) is 5.07. The molecule has 2 N–H and O–H groups in total. The Kier molecular flexibility index (Phi) is 17.9. The maximum Gasteiger partial charge on any atom is 0.321 e. The summed E-state index contributed by atoms with van der Waals surface area (Å²) in [5.41, 5.74) is 0. The molecule has 0 heterocycles. The fourth-order valence-electron chi connectivity index (χ4n) is 2.90. The average Bonchev–Trinajstić information content (AvgIpc) is 2.62. The van der Waals surface area contributed by atoms with Crippen LogP contribution in [0, 0.1) is 0 Å². The Labute approximate surface area is 160 Å². The zero-order valence-electron chi connectivity index (χ0n) is 17.1. The molecule has 0 aromatic carbocycles. The first kappa shape index (κ1) is 24.9. The third-order valence-corrected chi connectivity index (χ3v) is 4.60. The van der Waals surface area contributed by atoms with E-state index in [1.165, 1.54) is 57.8 Å². The van der Waals surface area contributed by atoms with Gasteiger partial charge in [0.15, 0.2) is 0 Å². The average molecular weight is 372 g/mol. The van der Waals surface area contributed by atoms with Gasteiger partial charge in [0.05, 0.1) is 13.0 Å². The first-order valence-electron chi connectivity index (χ1n) is 10.7. The van der Waals surface area contributed by atoms with Crippen molar-refractivity contribution in [3.05, 3.63) is 0 Å². The van der Waals surface area contributed by atoms with Crippen molar-refractivity contribution in [3.8, 4) is 0 Å². The van der Waals surface area contributed by atoms with Gasteiger partial charge in [-0.2, -0.15) is 0 Å². The molecule has 0 aliphatic carbocycles. The van der Waals surface area contributed by atoms with Gasteiger partial charge < -0.3 is 15.2 Å². The lowest BCUT2D eigenvalue weighted by molar-refractivity contribution is -0.149. The monoisotopic (exact) mass is 371 g/mol. The second-order valence-corrected chi connectivity index (χ2v) is 7.16. The van der Waals surface area contributed by atoms with Crippen LogP contribution >= 0.6 is 0 Å². The van der Waals surface area contributed by atoms with E-state index in [1.54, 1.807) is 0 Å². The van der Waals surface area contributed by atoms with E-state index in [0.717, 1.165) is 25.7 Å². The Hall–Kier alpha value is -1.10. The Morgan fingerprint density at radius 1 is 0.808 bits per heavy atom. The standard InChI is InChI=1S/C21H41NO4/c1-3-5-7-9-11-12-14-16-22-19(21(24)25)18-20(23)26-17-15-13-10-8-6-4-2/h19,22H,3-18H2,1-2H3,(H,24,25). The molecule has 0 saturated heterocycles. The summed E-state index contributed by atoms with van der Waals surface area (Å²) in [6.45, 7) is 5.42. The zero-order chi connectivity index (χ0) is 19.5. The van der Waals surface area contributed by atoms with Gasteiger partial charge in [-0.3, -0.25) is 9.59 Å². The van der Waals surface area contributed by atoms with Crippen molar-refractivity contribution in [2.24, 2.45) is 0 Å². The maximum absolute atomic E-state index is 11.8. The lowest BCUT2D eigenvalue weighted by Gasteiger charge is -2.14. The number of hydrogen-bond donors (Lipinski definition) is 2. The van der Waals surface area contributed by atoms with Gasteiger partial charge in [-0.25, -0.2) is 0 Å². The highest BCUT2D eigenvalue weighted by Crippen LogP contribution is 2.07. The molecule has 0 aromatic rings. The first-order chi connectivity index (χ1) is 12.6. The highest BCUT2D eigenvalue weighted by atomic mass is 16.5. The number of hydrogen-bond acceptors (Lipinski definition) is 4. The molecule has 0 aliphatic rings. The Bertz CT molecular complexity index is 347. The summed E-state index contributed by atoms with van der Waals surface area (Å²) < 4.78 is 5.17. The number of carboxylic acids is 1. The molecule has 1 unspecified atom stereocenters. The summed E-state index contributed by atoms with van der Waals surface area (Å²) in [6.07, 6.45) is 15.0. The molecule has 0 bridgehead atoms. The van der Waals surface area contributed by atoms with E-state index >= 15 is 0 Å². The van der Waals surface area contributed by atoms with Gasteiger partial charge in [-0.1, -0.05) is 84.5 Å². The first-order valence-corrected chi connectivity index (χ1v) is 10.7. The Balaban J connectivity index is 3.70. The molecule has 0 aliphatic heterocycles. The highest BCUT2D eigenvalue weighted by Gasteiger charge is 2.21. The van der Waals surface area contributed by atoms with Crippen LogP contribution in [-0.2, 0) is 14.3 Å². The number of carboxylic acid groups (broad SMARTS) is 1. The minimum absolute atomic E-state index is 0.0956. The topological polar surface area (TPSA) is 75.6 Å². The van der Waals surface area contributed by atoms with Gasteiger partial charge in [0.1, 0.15) is 6.04 Å². The maximum atomic E-state index is 11.8. The molecule has 0 amide bonds. The van der Waals surface area contributed by atoms with Gasteiger partial charge in [0, 0.05) is 0 Å². The number of ether oxygens (including phenoxy) is 1. The van der Waals surface area contributed by atoms with Crippen LogP contribution in [0.15, 0.2) is 0 Å². The molecule has 0 rings (SSSR count). The van der Waals surface area contributed by atoms with Crippen LogP contribution in [0.25, 0.3) is 0 Å². The summed E-state index contributed by atoms with van der Waals surface area (Å²) in [6, 6.07) is -0.841. The zero-order valence-corrected chi connectivity index (χ0v) is 17.1. The molecule has 0 radical (unpaired) electrons. The van der Waals surface area contributed by atoms with Crippen LogP contribution in [0.1, 0.15) is 104 Å². The van der Waals surface area contributed by atoms with Crippen LogP contribution in [-0.4, -0.2) is 36.2 Å². The van der Waals surface area contributed by atoms with Crippen LogP contribution in [0.2, 0.25) is 0 Å². The molecule has 0 fully saturated rings. The molecule has 154 valence electrons. The quantitative estimate of drug-likeness (QED) is 0.245. The molecule has 0 aromatic heterocycles. The lowest BCUT2D eigenvalue weighted by Crippen LogP contribution is -2.39. The van der Waals surface area contributed by atoms with Crippen LogP contribution in [0.4, 0.5) is 0 Å². The van der Waals surface area contributed by atoms with Crippen LogP contribution < -0.4 is 5.32 Å². The number of esters is 1. The van der Waals surface area contributed by atoms with Crippen molar-refractivity contribution in [1.82, 2.24) is 5.32 Å². The number of carbonyl (C=O) groups excluding carboxylic acids is 1. The van der Waals surface area contributed by atoms with Crippen molar-refractivity contribution in [3.63, 3.8) is 0 Å². The molecular weight excluding hydrogens is 330 g/mol. The molecule has 1 atom stereocenters. The van der Waals surface area contributed by atoms with E-state index in [4.69, 9.17) is 4.74 Å². The largest absolute Gasteiger partial charge is 0.480 e. The molecular formula is C21H41NO4. The molecule has 5 nitrogen and oxygen atoms in total. The second kappa shape index (κ2) is 18.7. The smallest absolute Gasteiger partial charge is 0.321 e. The van der Waals surface area contributed by atoms with Crippen molar-refractivity contribution >= 4 is 11.9 Å². The van der Waals surface area contributed by atoms with E-state index in [9.17, 15) is 14.7 Å². The van der Waals surface area contributed by atoms with E-state index in [-0.39, 0.29) is 6.42 Å². The summed E-state index contributed by atoms with van der Waals surface area (Å²) >= 11 is 0. The Morgan fingerprint density at radius 3 is 1.85 bits per heavy atom. The Morgan fingerprint density at radius 2 is 1.31 bits per heavy atom. The number of aliphatic carboxylic acids is 1. The third-order valence-electron chi connectivity index (χ3n) is 4.60. The molecule has 26 heavy (non-hydrogen) atoms. The van der Waals surface area contributed by atoms with Gasteiger partial charge in [-0.15, -0.1) is 0 Å².